The fraction of sp³-hybridized carbons (Fsp3) is 1.00. The minimum absolute atomic E-state index is 0.120. The lowest BCUT2D eigenvalue weighted by Crippen LogP contribution is -2.40. The number of likely N-dealkylation sites (N-methyl/N-ethyl adjacent to an activating group) is 1. The standard InChI is InChI=1S/C10H20FNO/c1-8(2)13-10(7-11)9-5-4-6-12(9)3/h8-10H,4-7H2,1-3H3/t9-,10?/m0/s1. The molecule has 0 aromatic heterocycles. The maximum atomic E-state index is 12.7. The van der Waals surface area contributed by atoms with Crippen LogP contribution in [0.4, 0.5) is 4.39 Å². The molecule has 1 saturated heterocycles. The highest BCUT2D eigenvalue weighted by atomic mass is 19.1. The van der Waals surface area contributed by atoms with Gasteiger partial charge in [0.05, 0.1) is 6.10 Å². The van der Waals surface area contributed by atoms with Crippen molar-refractivity contribution in [1.82, 2.24) is 4.90 Å². The molecule has 0 aromatic rings. The zero-order valence-corrected chi connectivity index (χ0v) is 8.79. The van der Waals surface area contributed by atoms with Crippen LogP contribution < -0.4 is 0 Å². The van der Waals surface area contributed by atoms with E-state index in [9.17, 15) is 4.39 Å². The molecule has 3 heteroatoms. The van der Waals surface area contributed by atoms with Crippen LogP contribution in [-0.4, -0.2) is 43.4 Å². The lowest BCUT2D eigenvalue weighted by Gasteiger charge is -2.28. The maximum absolute atomic E-state index is 12.7. The van der Waals surface area contributed by atoms with Gasteiger partial charge in [-0.05, 0) is 40.3 Å². The van der Waals surface area contributed by atoms with Gasteiger partial charge in [0.15, 0.2) is 0 Å². The molecule has 0 radical (unpaired) electrons. The smallest absolute Gasteiger partial charge is 0.117 e. The van der Waals surface area contributed by atoms with E-state index in [2.05, 4.69) is 4.90 Å². The third kappa shape index (κ3) is 2.92. The quantitative estimate of drug-likeness (QED) is 0.669. The molecule has 1 rings (SSSR count). The summed E-state index contributed by atoms with van der Waals surface area (Å²) in [6.07, 6.45) is 2.12. The Labute approximate surface area is 80.1 Å². The first-order valence-corrected chi connectivity index (χ1v) is 5.06. The molecule has 0 bridgehead atoms. The monoisotopic (exact) mass is 189 g/mol. The highest BCUT2D eigenvalue weighted by Gasteiger charge is 2.30. The van der Waals surface area contributed by atoms with Gasteiger partial charge in [0.1, 0.15) is 12.8 Å². The normalized spacial score (nSPS) is 27.0. The van der Waals surface area contributed by atoms with E-state index in [1.165, 1.54) is 6.42 Å². The lowest BCUT2D eigenvalue weighted by atomic mass is 10.1. The number of halogens is 1. The van der Waals surface area contributed by atoms with Gasteiger partial charge in [0.25, 0.3) is 0 Å². The van der Waals surface area contributed by atoms with Crippen molar-refractivity contribution in [3.63, 3.8) is 0 Å². The molecule has 0 aromatic carbocycles. The molecule has 0 saturated carbocycles. The van der Waals surface area contributed by atoms with Gasteiger partial charge < -0.3 is 9.64 Å². The zero-order chi connectivity index (χ0) is 9.84. The minimum atomic E-state index is -0.368. The van der Waals surface area contributed by atoms with E-state index >= 15 is 0 Å². The second-order valence-corrected chi connectivity index (χ2v) is 4.07. The van der Waals surface area contributed by atoms with Crippen molar-refractivity contribution in [2.24, 2.45) is 0 Å². The fourth-order valence-corrected chi connectivity index (χ4v) is 1.99. The maximum Gasteiger partial charge on any atom is 0.117 e. The summed E-state index contributed by atoms with van der Waals surface area (Å²) < 4.78 is 18.2. The van der Waals surface area contributed by atoms with E-state index in [0.717, 1.165) is 13.0 Å². The van der Waals surface area contributed by atoms with Gasteiger partial charge in [-0.1, -0.05) is 0 Å². The van der Waals surface area contributed by atoms with Gasteiger partial charge in [-0.15, -0.1) is 0 Å². The largest absolute Gasteiger partial charge is 0.371 e. The summed E-state index contributed by atoms with van der Waals surface area (Å²) in [5, 5.41) is 0. The average molecular weight is 189 g/mol. The topological polar surface area (TPSA) is 12.5 Å². The van der Waals surface area contributed by atoms with Crippen LogP contribution in [0.5, 0.6) is 0 Å². The van der Waals surface area contributed by atoms with Crippen LogP contribution in [0.15, 0.2) is 0 Å². The Balaban J connectivity index is 2.45. The van der Waals surface area contributed by atoms with Gasteiger partial charge in [0, 0.05) is 6.04 Å². The van der Waals surface area contributed by atoms with Gasteiger partial charge in [-0.3, -0.25) is 0 Å². The molecule has 1 heterocycles. The molecule has 0 N–H and O–H groups in total. The Hall–Kier alpha value is -0.150. The number of alkyl halides is 1. The van der Waals surface area contributed by atoms with Crippen molar-refractivity contribution in [2.45, 2.75) is 44.9 Å². The van der Waals surface area contributed by atoms with Crippen LogP contribution in [0.25, 0.3) is 0 Å². The van der Waals surface area contributed by atoms with Crippen molar-refractivity contribution >= 4 is 0 Å². The van der Waals surface area contributed by atoms with E-state index in [0.29, 0.717) is 0 Å². The Bertz CT molecular complexity index is 152. The minimum Gasteiger partial charge on any atom is -0.371 e. The molecule has 0 aliphatic carbocycles. The Kier molecular flexibility index (Phi) is 4.13. The predicted octanol–water partition coefficient (Wildman–Crippen LogP) is 1.84. The number of hydrogen-bond acceptors (Lipinski definition) is 2. The molecule has 1 unspecified atom stereocenters. The zero-order valence-electron chi connectivity index (χ0n) is 8.79. The van der Waals surface area contributed by atoms with Gasteiger partial charge in [-0.25, -0.2) is 4.39 Å². The van der Waals surface area contributed by atoms with Gasteiger partial charge in [0.2, 0.25) is 0 Å². The van der Waals surface area contributed by atoms with Gasteiger partial charge >= 0.3 is 0 Å². The molecule has 2 nitrogen and oxygen atoms in total. The molecule has 13 heavy (non-hydrogen) atoms. The predicted molar refractivity (Wildman–Crippen MR) is 51.6 cm³/mol. The first-order chi connectivity index (χ1) is 6.15. The van der Waals surface area contributed by atoms with Crippen molar-refractivity contribution < 1.29 is 9.13 Å². The summed E-state index contributed by atoms with van der Waals surface area (Å²) >= 11 is 0. The van der Waals surface area contributed by atoms with E-state index in [4.69, 9.17) is 4.74 Å². The van der Waals surface area contributed by atoms with E-state index in [1.807, 2.05) is 20.9 Å². The number of nitrogens with zero attached hydrogens (tertiary/aromatic N) is 1. The summed E-state index contributed by atoms with van der Waals surface area (Å²) in [6, 6.07) is 0.285. The second kappa shape index (κ2) is 4.91. The van der Waals surface area contributed by atoms with Crippen molar-refractivity contribution in [1.29, 1.82) is 0 Å². The number of ether oxygens (including phenoxy) is 1. The first kappa shape index (κ1) is 10.9. The van der Waals surface area contributed by atoms with E-state index < -0.39 is 0 Å². The second-order valence-electron chi connectivity index (χ2n) is 4.07. The summed E-state index contributed by atoms with van der Waals surface area (Å²) in [6.45, 7) is 4.62. The Morgan fingerprint density at radius 1 is 1.54 bits per heavy atom. The number of rotatable bonds is 4. The van der Waals surface area contributed by atoms with Crippen molar-refractivity contribution in [2.75, 3.05) is 20.3 Å². The SMILES string of the molecule is CC(C)OC(CF)[C@@H]1CCCN1C. The highest BCUT2D eigenvalue weighted by molar-refractivity contribution is 4.83. The van der Waals surface area contributed by atoms with E-state index in [1.54, 1.807) is 0 Å². The van der Waals surface area contributed by atoms with Crippen molar-refractivity contribution in [3.8, 4) is 0 Å². The molecular weight excluding hydrogens is 169 g/mol. The number of hydrogen-bond donors (Lipinski definition) is 0. The molecular formula is C10H20FNO. The molecule has 2 atom stereocenters. The third-order valence-corrected chi connectivity index (χ3v) is 2.61. The fourth-order valence-electron chi connectivity index (χ4n) is 1.99. The van der Waals surface area contributed by atoms with Crippen LogP contribution in [0, 0.1) is 0 Å². The molecule has 1 fully saturated rings. The lowest BCUT2D eigenvalue weighted by molar-refractivity contribution is -0.0424. The summed E-state index contributed by atoms with van der Waals surface area (Å²) in [5.41, 5.74) is 0. The van der Waals surface area contributed by atoms with Crippen LogP contribution in [-0.2, 0) is 4.74 Å². The molecule has 0 amide bonds. The van der Waals surface area contributed by atoms with Crippen LogP contribution in [0.2, 0.25) is 0 Å². The van der Waals surface area contributed by atoms with Crippen LogP contribution in [0.3, 0.4) is 0 Å². The Morgan fingerprint density at radius 3 is 2.62 bits per heavy atom. The number of likely N-dealkylation sites (tertiary alicyclic amines) is 1. The summed E-state index contributed by atoms with van der Waals surface area (Å²) in [5.74, 6) is 0. The van der Waals surface area contributed by atoms with Crippen LogP contribution >= 0.6 is 0 Å². The highest BCUT2D eigenvalue weighted by Crippen LogP contribution is 2.21. The molecule has 1 aliphatic rings. The summed E-state index contributed by atoms with van der Waals surface area (Å²) in [7, 11) is 2.05. The molecule has 1 aliphatic heterocycles. The summed E-state index contributed by atoms with van der Waals surface area (Å²) in [4.78, 5) is 2.20. The van der Waals surface area contributed by atoms with Gasteiger partial charge in [-0.2, -0.15) is 0 Å². The third-order valence-electron chi connectivity index (χ3n) is 2.61. The first-order valence-electron chi connectivity index (χ1n) is 5.06. The molecule has 78 valence electrons. The van der Waals surface area contributed by atoms with Crippen molar-refractivity contribution in [3.05, 3.63) is 0 Å². The van der Waals surface area contributed by atoms with E-state index in [-0.39, 0.29) is 24.9 Å². The molecule has 0 spiro atoms. The Morgan fingerprint density at radius 2 is 2.23 bits per heavy atom. The van der Waals surface area contributed by atoms with Crippen LogP contribution in [0.1, 0.15) is 26.7 Å². The average Bonchev–Trinajstić information content (AvgIpc) is 2.47.